The van der Waals surface area contributed by atoms with Gasteiger partial charge in [0.05, 0.1) is 6.61 Å². The molecule has 0 amide bonds. The van der Waals surface area contributed by atoms with E-state index in [-0.39, 0.29) is 0 Å². The van der Waals surface area contributed by atoms with Gasteiger partial charge in [-0.15, -0.1) is 11.5 Å². The van der Waals surface area contributed by atoms with Crippen LogP contribution >= 0.6 is 0 Å². The van der Waals surface area contributed by atoms with Gasteiger partial charge in [-0.3, -0.25) is 0 Å². The second kappa shape index (κ2) is 14.1. The van der Waals surface area contributed by atoms with Crippen molar-refractivity contribution in [3.05, 3.63) is 35.9 Å². The van der Waals surface area contributed by atoms with E-state index in [1.165, 1.54) is 31.2 Å². The summed E-state index contributed by atoms with van der Waals surface area (Å²) in [6.45, 7) is 20.7. The lowest BCUT2D eigenvalue weighted by Gasteiger charge is -2.38. The van der Waals surface area contributed by atoms with Crippen LogP contribution in [0, 0.1) is 23.3 Å². The van der Waals surface area contributed by atoms with Crippen molar-refractivity contribution in [2.45, 2.75) is 111 Å². The van der Waals surface area contributed by atoms with Crippen LogP contribution in [-0.2, 0) is 11.3 Å². The van der Waals surface area contributed by atoms with E-state index >= 15 is 0 Å². The third-order valence-corrected chi connectivity index (χ3v) is 13.4. The molecule has 2 heteroatoms. The Bertz CT molecular complexity index is 597. The summed E-state index contributed by atoms with van der Waals surface area (Å²) in [5, 5.41) is 0. The first-order valence-electron chi connectivity index (χ1n) is 12.4. The molecule has 0 bridgehead atoms. The van der Waals surface area contributed by atoms with Gasteiger partial charge in [0.2, 0.25) is 0 Å². The first-order valence-corrected chi connectivity index (χ1v) is 14.7. The van der Waals surface area contributed by atoms with Gasteiger partial charge in [-0.05, 0) is 47.4 Å². The standard InChI is InChI=1S/C28H48OSi/c1-9-27(10-2)28(19-21-30(23(3)4,24(5)6)25(7)8)18-14-15-20-29-22-26-16-12-11-13-17-26/h11-13,16-17,23-25,27-28H,9-10,14-15,18,20,22H2,1-8H3. The van der Waals surface area contributed by atoms with Gasteiger partial charge in [0, 0.05) is 12.5 Å². The minimum atomic E-state index is -1.65. The molecule has 0 N–H and O–H groups in total. The van der Waals surface area contributed by atoms with E-state index in [0.29, 0.717) is 22.5 Å². The summed E-state index contributed by atoms with van der Waals surface area (Å²) in [5.41, 5.74) is 7.39. The van der Waals surface area contributed by atoms with Gasteiger partial charge in [0.1, 0.15) is 8.07 Å². The molecule has 0 aromatic heterocycles. The summed E-state index contributed by atoms with van der Waals surface area (Å²) in [4.78, 5) is 0. The van der Waals surface area contributed by atoms with Crippen LogP contribution in [0.25, 0.3) is 0 Å². The molecule has 1 rings (SSSR count). The molecule has 170 valence electrons. The van der Waals surface area contributed by atoms with Crippen molar-refractivity contribution in [3.8, 4) is 11.5 Å². The smallest absolute Gasteiger partial charge is 0.145 e. The summed E-state index contributed by atoms with van der Waals surface area (Å²) >= 11 is 0. The van der Waals surface area contributed by atoms with E-state index in [1.54, 1.807) is 0 Å². The van der Waals surface area contributed by atoms with Crippen LogP contribution < -0.4 is 0 Å². The predicted octanol–water partition coefficient (Wildman–Crippen LogP) is 8.65. The highest BCUT2D eigenvalue weighted by Crippen LogP contribution is 2.41. The van der Waals surface area contributed by atoms with Crippen LogP contribution in [0.3, 0.4) is 0 Å². The molecular weight excluding hydrogens is 380 g/mol. The third kappa shape index (κ3) is 7.90. The minimum absolute atomic E-state index is 0.539. The monoisotopic (exact) mass is 428 g/mol. The van der Waals surface area contributed by atoms with E-state index in [9.17, 15) is 0 Å². The lowest BCUT2D eigenvalue weighted by molar-refractivity contribution is 0.115. The second-order valence-electron chi connectivity index (χ2n) is 9.88. The fraction of sp³-hybridized carbons (Fsp3) is 0.714. The summed E-state index contributed by atoms with van der Waals surface area (Å²) < 4.78 is 5.89. The van der Waals surface area contributed by atoms with E-state index in [1.807, 2.05) is 0 Å². The molecule has 0 aliphatic rings. The largest absolute Gasteiger partial charge is 0.377 e. The normalized spacial score (nSPS) is 13.2. The van der Waals surface area contributed by atoms with Crippen LogP contribution in [-0.4, -0.2) is 14.7 Å². The molecule has 0 fully saturated rings. The molecule has 0 radical (unpaired) electrons. The lowest BCUT2D eigenvalue weighted by atomic mass is 9.85. The van der Waals surface area contributed by atoms with Gasteiger partial charge < -0.3 is 4.74 Å². The number of ether oxygens (including phenoxy) is 1. The van der Waals surface area contributed by atoms with Crippen molar-refractivity contribution in [3.63, 3.8) is 0 Å². The molecule has 1 nitrogen and oxygen atoms in total. The first-order chi connectivity index (χ1) is 14.3. The summed E-state index contributed by atoms with van der Waals surface area (Å²) in [6, 6.07) is 10.5. The van der Waals surface area contributed by atoms with Gasteiger partial charge in [0.25, 0.3) is 0 Å². The molecular formula is C28H48OSi. The van der Waals surface area contributed by atoms with Gasteiger partial charge in [-0.2, -0.15) is 0 Å². The molecule has 0 heterocycles. The van der Waals surface area contributed by atoms with Crippen molar-refractivity contribution in [1.82, 2.24) is 0 Å². The van der Waals surface area contributed by atoms with Crippen molar-refractivity contribution in [2.24, 2.45) is 11.8 Å². The average molecular weight is 429 g/mol. The van der Waals surface area contributed by atoms with Crippen molar-refractivity contribution >= 4 is 8.07 Å². The number of hydrogen-bond acceptors (Lipinski definition) is 1. The number of rotatable bonds is 13. The highest BCUT2D eigenvalue weighted by molar-refractivity contribution is 6.90. The number of benzene rings is 1. The summed E-state index contributed by atoms with van der Waals surface area (Å²) in [7, 11) is -1.65. The summed E-state index contributed by atoms with van der Waals surface area (Å²) in [5.74, 6) is 5.16. The highest BCUT2D eigenvalue weighted by Gasteiger charge is 2.41. The summed E-state index contributed by atoms with van der Waals surface area (Å²) in [6.07, 6.45) is 6.03. The predicted molar refractivity (Wildman–Crippen MR) is 136 cm³/mol. The Morgan fingerprint density at radius 2 is 1.40 bits per heavy atom. The Labute approximate surface area is 189 Å². The second-order valence-corrected chi connectivity index (χ2v) is 15.5. The Kier molecular flexibility index (Phi) is 12.7. The Morgan fingerprint density at radius 1 is 0.833 bits per heavy atom. The van der Waals surface area contributed by atoms with Crippen LogP contribution in [0.15, 0.2) is 30.3 Å². The lowest BCUT2D eigenvalue weighted by Crippen LogP contribution is -2.43. The molecule has 30 heavy (non-hydrogen) atoms. The molecule has 1 aromatic rings. The molecule has 0 aliphatic carbocycles. The minimum Gasteiger partial charge on any atom is -0.377 e. The van der Waals surface area contributed by atoms with Gasteiger partial charge in [0.15, 0.2) is 0 Å². The zero-order chi connectivity index (χ0) is 22.6. The van der Waals surface area contributed by atoms with Gasteiger partial charge in [-0.25, -0.2) is 0 Å². The fourth-order valence-corrected chi connectivity index (χ4v) is 10.6. The highest BCUT2D eigenvalue weighted by atomic mass is 28.3. The first kappa shape index (κ1) is 27.0. The number of hydrogen-bond donors (Lipinski definition) is 0. The molecule has 0 spiro atoms. The van der Waals surface area contributed by atoms with Crippen molar-refractivity contribution < 1.29 is 4.74 Å². The maximum Gasteiger partial charge on any atom is 0.145 e. The zero-order valence-corrected chi connectivity index (χ0v) is 22.1. The maximum absolute atomic E-state index is 5.89. The van der Waals surface area contributed by atoms with Crippen molar-refractivity contribution in [1.29, 1.82) is 0 Å². The van der Waals surface area contributed by atoms with E-state index < -0.39 is 8.07 Å². The topological polar surface area (TPSA) is 9.23 Å². The Morgan fingerprint density at radius 3 is 1.90 bits per heavy atom. The molecule has 0 aliphatic heterocycles. The molecule has 1 aromatic carbocycles. The van der Waals surface area contributed by atoms with Gasteiger partial charge >= 0.3 is 0 Å². The zero-order valence-electron chi connectivity index (χ0n) is 21.1. The van der Waals surface area contributed by atoms with E-state index in [4.69, 9.17) is 4.74 Å². The van der Waals surface area contributed by atoms with E-state index in [2.05, 4.69) is 97.2 Å². The van der Waals surface area contributed by atoms with Gasteiger partial charge in [-0.1, -0.05) is 98.6 Å². The van der Waals surface area contributed by atoms with E-state index in [0.717, 1.165) is 25.6 Å². The average Bonchev–Trinajstić information content (AvgIpc) is 2.71. The maximum atomic E-state index is 5.89. The van der Waals surface area contributed by atoms with Crippen molar-refractivity contribution in [2.75, 3.05) is 6.61 Å². The Hall–Kier alpha value is -1.04. The molecule has 1 unspecified atom stereocenters. The third-order valence-electron chi connectivity index (χ3n) is 7.12. The quantitative estimate of drug-likeness (QED) is 0.173. The molecule has 1 atom stereocenters. The van der Waals surface area contributed by atoms with Crippen LogP contribution in [0.1, 0.15) is 93.1 Å². The number of unbranched alkanes of at least 4 members (excludes halogenated alkanes) is 1. The van der Waals surface area contributed by atoms with Crippen LogP contribution in [0.5, 0.6) is 0 Å². The van der Waals surface area contributed by atoms with Crippen LogP contribution in [0.4, 0.5) is 0 Å². The fourth-order valence-electron chi connectivity index (χ4n) is 5.27. The Balaban J connectivity index is 2.73. The molecule has 0 saturated carbocycles. The SMILES string of the molecule is CCC(CC)C(C#C[Si](C(C)C)(C(C)C)C(C)C)CCCCOCc1ccccc1. The molecule has 0 saturated heterocycles. The van der Waals surface area contributed by atoms with Crippen LogP contribution in [0.2, 0.25) is 16.6 Å².